The normalized spacial score (nSPS) is 17.6. The molecule has 0 saturated carbocycles. The van der Waals surface area contributed by atoms with Crippen molar-refractivity contribution in [1.29, 1.82) is 0 Å². The van der Waals surface area contributed by atoms with Crippen LogP contribution in [0.25, 0.3) is 0 Å². The Hall–Kier alpha value is -2.73. The summed E-state index contributed by atoms with van der Waals surface area (Å²) in [7, 11) is 1.60. The molecule has 4 nitrogen and oxygen atoms in total. The van der Waals surface area contributed by atoms with Crippen molar-refractivity contribution < 1.29 is 19.0 Å². The number of halogens is 1. The van der Waals surface area contributed by atoms with Gasteiger partial charge in [-0.3, -0.25) is 4.90 Å². The molecule has 0 aliphatic carbocycles. The molecule has 1 saturated heterocycles. The van der Waals surface area contributed by atoms with Crippen molar-refractivity contribution in [2.75, 3.05) is 40.0 Å². The zero-order chi connectivity index (χ0) is 21.7. The highest BCUT2D eigenvalue weighted by molar-refractivity contribution is 5.48. The topological polar surface area (TPSA) is 41.9 Å². The van der Waals surface area contributed by atoms with Crippen LogP contribution in [0.15, 0.2) is 78.9 Å². The zero-order valence-corrected chi connectivity index (χ0v) is 17.7. The van der Waals surface area contributed by atoms with Crippen molar-refractivity contribution >= 4 is 0 Å². The first kappa shape index (κ1) is 21.5. The van der Waals surface area contributed by atoms with Gasteiger partial charge in [0, 0.05) is 31.1 Å². The van der Waals surface area contributed by atoms with Crippen molar-refractivity contribution in [1.82, 2.24) is 4.90 Å². The van der Waals surface area contributed by atoms with E-state index < -0.39 is 5.60 Å². The molecule has 3 aromatic carbocycles. The Kier molecular flexibility index (Phi) is 6.66. The summed E-state index contributed by atoms with van der Waals surface area (Å²) >= 11 is 0. The molecule has 0 spiro atoms. The maximum Gasteiger partial charge on any atom is 0.126 e. The molecular weight excluding hydrogens is 393 g/mol. The van der Waals surface area contributed by atoms with Crippen molar-refractivity contribution in [2.24, 2.45) is 0 Å². The lowest BCUT2D eigenvalue weighted by atomic mass is 9.72. The summed E-state index contributed by atoms with van der Waals surface area (Å²) in [6, 6.07) is 23.6. The molecule has 4 rings (SSSR count). The highest BCUT2D eigenvalue weighted by Crippen LogP contribution is 2.46. The van der Waals surface area contributed by atoms with Gasteiger partial charge in [-0.2, -0.15) is 0 Å². The van der Waals surface area contributed by atoms with Crippen molar-refractivity contribution in [3.8, 4) is 5.75 Å². The van der Waals surface area contributed by atoms with Gasteiger partial charge in [0.25, 0.3) is 0 Å². The number of rotatable bonds is 7. The van der Waals surface area contributed by atoms with Gasteiger partial charge < -0.3 is 14.6 Å². The molecule has 0 amide bonds. The monoisotopic (exact) mass is 421 g/mol. The van der Waals surface area contributed by atoms with E-state index in [0.29, 0.717) is 36.6 Å². The molecule has 0 aromatic heterocycles. The molecule has 0 radical (unpaired) electrons. The van der Waals surface area contributed by atoms with Gasteiger partial charge in [-0.15, -0.1) is 0 Å². The van der Waals surface area contributed by atoms with Gasteiger partial charge >= 0.3 is 0 Å². The summed E-state index contributed by atoms with van der Waals surface area (Å²) in [6.07, 6.45) is 0. The van der Waals surface area contributed by atoms with Crippen LogP contribution >= 0.6 is 0 Å². The van der Waals surface area contributed by atoms with Gasteiger partial charge in [0.15, 0.2) is 0 Å². The minimum absolute atomic E-state index is 0.312. The van der Waals surface area contributed by atoms with Gasteiger partial charge in [0.1, 0.15) is 17.2 Å². The molecule has 31 heavy (non-hydrogen) atoms. The van der Waals surface area contributed by atoms with Gasteiger partial charge in [0.2, 0.25) is 0 Å². The Labute approximate surface area is 182 Å². The first-order valence-electron chi connectivity index (χ1n) is 10.6. The number of benzene rings is 3. The first-order chi connectivity index (χ1) is 15.1. The molecule has 5 heteroatoms. The fourth-order valence-corrected chi connectivity index (χ4v) is 4.41. The van der Waals surface area contributed by atoms with E-state index in [9.17, 15) is 9.50 Å². The third kappa shape index (κ3) is 4.49. The van der Waals surface area contributed by atoms with Gasteiger partial charge in [-0.05, 0) is 29.3 Å². The standard InChI is InChI=1S/C26H28FNO3/c1-30-25-10-6-5-9-23(25)26(29,21-11-13-22(27)14-12-21)24(20-7-3-2-4-8-20)19-28-15-17-31-18-16-28/h2-14,24,29H,15-19H2,1H3/t24-,26-/m0/s1. The summed E-state index contributed by atoms with van der Waals surface area (Å²) in [6.45, 7) is 3.57. The molecule has 162 valence electrons. The predicted molar refractivity (Wildman–Crippen MR) is 119 cm³/mol. The van der Waals surface area contributed by atoms with Crippen LogP contribution in [-0.2, 0) is 10.3 Å². The van der Waals surface area contributed by atoms with E-state index in [-0.39, 0.29) is 11.7 Å². The largest absolute Gasteiger partial charge is 0.496 e. The average Bonchev–Trinajstić information content (AvgIpc) is 2.83. The molecule has 2 atom stereocenters. The molecule has 1 aliphatic rings. The summed E-state index contributed by atoms with van der Waals surface area (Å²) < 4.78 is 25.0. The third-order valence-electron chi connectivity index (χ3n) is 6.05. The lowest BCUT2D eigenvalue weighted by Crippen LogP contribution is -2.45. The van der Waals surface area contributed by atoms with E-state index in [1.165, 1.54) is 12.1 Å². The van der Waals surface area contributed by atoms with Gasteiger partial charge in [-0.1, -0.05) is 60.7 Å². The van der Waals surface area contributed by atoms with Gasteiger partial charge in [0.05, 0.1) is 20.3 Å². The number of nitrogens with zero attached hydrogens (tertiary/aromatic N) is 1. The Bertz CT molecular complexity index is 973. The minimum Gasteiger partial charge on any atom is -0.496 e. The molecule has 1 heterocycles. The highest BCUT2D eigenvalue weighted by atomic mass is 19.1. The number of ether oxygens (including phenoxy) is 2. The van der Waals surface area contributed by atoms with Gasteiger partial charge in [-0.25, -0.2) is 4.39 Å². The maximum absolute atomic E-state index is 13.8. The summed E-state index contributed by atoms with van der Waals surface area (Å²) in [4.78, 5) is 2.31. The number of hydrogen-bond acceptors (Lipinski definition) is 4. The molecular formula is C26H28FNO3. The average molecular weight is 422 g/mol. The predicted octanol–water partition coefficient (Wildman–Crippen LogP) is 4.19. The number of para-hydroxylation sites is 1. The molecule has 0 unspecified atom stereocenters. The lowest BCUT2D eigenvalue weighted by molar-refractivity contribution is -0.000159. The first-order valence-corrected chi connectivity index (χ1v) is 10.6. The Morgan fingerprint density at radius 3 is 2.29 bits per heavy atom. The van der Waals surface area contributed by atoms with E-state index in [0.717, 1.165) is 18.7 Å². The minimum atomic E-state index is -1.43. The highest BCUT2D eigenvalue weighted by Gasteiger charge is 2.44. The van der Waals surface area contributed by atoms with Crippen LogP contribution in [0.3, 0.4) is 0 Å². The fourth-order valence-electron chi connectivity index (χ4n) is 4.41. The maximum atomic E-state index is 13.8. The summed E-state index contributed by atoms with van der Waals surface area (Å²) in [5, 5.41) is 12.5. The van der Waals surface area contributed by atoms with Crippen molar-refractivity contribution in [3.05, 3.63) is 101 Å². The second kappa shape index (κ2) is 9.60. The fraction of sp³-hybridized carbons (Fsp3) is 0.308. The Morgan fingerprint density at radius 2 is 1.61 bits per heavy atom. The second-order valence-corrected chi connectivity index (χ2v) is 7.85. The molecule has 1 aliphatic heterocycles. The van der Waals surface area contributed by atoms with E-state index in [1.807, 2.05) is 54.6 Å². The van der Waals surface area contributed by atoms with E-state index in [2.05, 4.69) is 4.90 Å². The van der Waals surface area contributed by atoms with Crippen molar-refractivity contribution in [3.63, 3.8) is 0 Å². The van der Waals surface area contributed by atoms with E-state index in [4.69, 9.17) is 9.47 Å². The van der Waals surface area contributed by atoms with Crippen LogP contribution in [-0.4, -0.2) is 50.0 Å². The van der Waals surface area contributed by atoms with Crippen LogP contribution in [0.5, 0.6) is 5.75 Å². The molecule has 1 N–H and O–H groups in total. The summed E-state index contributed by atoms with van der Waals surface area (Å²) in [5.74, 6) is -0.0543. The molecule has 0 bridgehead atoms. The summed E-state index contributed by atoms with van der Waals surface area (Å²) in [5.41, 5.74) is 0.860. The lowest BCUT2D eigenvalue weighted by Gasteiger charge is -2.41. The van der Waals surface area contributed by atoms with Crippen molar-refractivity contribution in [2.45, 2.75) is 11.5 Å². The van der Waals surface area contributed by atoms with Crippen LogP contribution in [0, 0.1) is 5.82 Å². The Morgan fingerprint density at radius 1 is 0.968 bits per heavy atom. The molecule has 3 aromatic rings. The van der Waals surface area contributed by atoms with Crippen LogP contribution < -0.4 is 4.74 Å². The quantitative estimate of drug-likeness (QED) is 0.621. The van der Waals surface area contributed by atoms with Crippen LogP contribution in [0.2, 0.25) is 0 Å². The number of morpholine rings is 1. The van der Waals surface area contributed by atoms with E-state index in [1.54, 1.807) is 19.2 Å². The second-order valence-electron chi connectivity index (χ2n) is 7.85. The molecule has 1 fully saturated rings. The smallest absolute Gasteiger partial charge is 0.126 e. The SMILES string of the molecule is COc1ccccc1[C@@](O)(c1ccc(F)cc1)[C@@H](CN1CCOCC1)c1ccccc1. The third-order valence-corrected chi connectivity index (χ3v) is 6.05. The Balaban J connectivity index is 1.90. The van der Waals surface area contributed by atoms with Crippen LogP contribution in [0.1, 0.15) is 22.6 Å². The van der Waals surface area contributed by atoms with E-state index >= 15 is 0 Å². The number of methoxy groups -OCH3 is 1. The van der Waals surface area contributed by atoms with Crippen LogP contribution in [0.4, 0.5) is 4.39 Å². The number of aliphatic hydroxyl groups is 1. The zero-order valence-electron chi connectivity index (χ0n) is 17.7. The number of hydrogen-bond donors (Lipinski definition) is 1.